The molecule has 5 heterocycles. The third-order valence-electron chi connectivity index (χ3n) is 5.58. The monoisotopic (exact) mass is 457 g/mol. The van der Waals surface area contributed by atoms with E-state index < -0.39 is 0 Å². The lowest BCUT2D eigenvalue weighted by atomic mass is 10.2. The van der Waals surface area contributed by atoms with Gasteiger partial charge in [0.15, 0.2) is 11.5 Å². The van der Waals surface area contributed by atoms with Crippen molar-refractivity contribution in [1.82, 2.24) is 19.9 Å². The van der Waals surface area contributed by atoms with Gasteiger partial charge in [0.2, 0.25) is 11.8 Å². The first-order chi connectivity index (χ1) is 15.7. The van der Waals surface area contributed by atoms with Crippen LogP contribution < -0.4 is 23.8 Å². The lowest BCUT2D eigenvalue weighted by molar-refractivity contribution is 0.166. The molecule has 1 saturated heterocycles. The number of hydrogen-bond acceptors (Lipinski definition) is 9. The predicted octanol–water partition coefficient (Wildman–Crippen LogP) is 2.66. The molecule has 2 aliphatic heterocycles. The Bertz CT molecular complexity index is 1110. The van der Waals surface area contributed by atoms with Gasteiger partial charge in [0.05, 0.1) is 29.5 Å². The molecule has 0 unspecified atom stereocenters. The van der Waals surface area contributed by atoms with Gasteiger partial charge in [-0.25, -0.2) is 9.97 Å². The summed E-state index contributed by atoms with van der Waals surface area (Å²) in [4.78, 5) is 17.9. The number of pyridine rings is 3. The Labute approximate surface area is 190 Å². The van der Waals surface area contributed by atoms with Gasteiger partial charge in [-0.3, -0.25) is 9.88 Å². The zero-order valence-electron chi connectivity index (χ0n) is 17.8. The highest BCUT2D eigenvalue weighted by Crippen LogP contribution is 2.34. The largest absolute Gasteiger partial charge is 0.486 e. The molecule has 3 aromatic heterocycles. The Morgan fingerprint density at radius 3 is 2.62 bits per heavy atom. The number of hydrogen-bond donors (Lipinski definition) is 0. The normalized spacial score (nSPS) is 16.2. The smallest absolute Gasteiger partial charge is 0.217 e. The summed E-state index contributed by atoms with van der Waals surface area (Å²) in [5.41, 5.74) is 2.47. The van der Waals surface area contributed by atoms with Crippen LogP contribution in [0.15, 0.2) is 30.6 Å². The third kappa shape index (κ3) is 4.31. The highest BCUT2D eigenvalue weighted by Gasteiger charge is 2.22. The number of rotatable bonds is 6. The average molecular weight is 458 g/mol. The number of halogens is 1. The van der Waals surface area contributed by atoms with Gasteiger partial charge in [-0.15, -0.1) is 0 Å². The summed E-state index contributed by atoms with van der Waals surface area (Å²) in [6.07, 6.45) is 3.34. The molecular formula is C22H24ClN5O4. The summed E-state index contributed by atoms with van der Waals surface area (Å²) in [5, 5.41) is 0.597. The molecule has 0 radical (unpaired) electrons. The Morgan fingerprint density at radius 1 is 1.00 bits per heavy atom. The zero-order chi connectivity index (χ0) is 21.9. The standard InChI is InChI=1S/C22H24ClN5O4/c1-29-19-3-2-16-21(26-19)22(15(23)13-24-16)28-6-4-27(5-7-28)8-9-32-20-12-17-18(14-25-20)31-11-10-30-17/h2-3,12-14H,4-11H2,1H3. The van der Waals surface area contributed by atoms with Crippen LogP contribution in [0, 0.1) is 0 Å². The van der Waals surface area contributed by atoms with Gasteiger partial charge >= 0.3 is 0 Å². The van der Waals surface area contributed by atoms with E-state index in [1.165, 1.54) is 0 Å². The molecule has 0 bridgehead atoms. The molecule has 10 heteroatoms. The van der Waals surface area contributed by atoms with Gasteiger partial charge in [0.25, 0.3) is 0 Å². The van der Waals surface area contributed by atoms with Crippen LogP contribution in [0.25, 0.3) is 11.0 Å². The number of methoxy groups -OCH3 is 1. The minimum absolute atomic E-state index is 0.541. The Kier molecular flexibility index (Phi) is 6.00. The van der Waals surface area contributed by atoms with Gasteiger partial charge < -0.3 is 23.8 Å². The summed E-state index contributed by atoms with van der Waals surface area (Å²) in [6, 6.07) is 5.49. The van der Waals surface area contributed by atoms with Crippen LogP contribution in [0.2, 0.25) is 5.02 Å². The maximum absolute atomic E-state index is 6.53. The molecule has 0 amide bonds. The first-order valence-electron chi connectivity index (χ1n) is 10.6. The van der Waals surface area contributed by atoms with Gasteiger partial charge in [0, 0.05) is 51.1 Å². The van der Waals surface area contributed by atoms with Crippen LogP contribution in [0.5, 0.6) is 23.3 Å². The van der Waals surface area contributed by atoms with Crippen LogP contribution >= 0.6 is 11.6 Å². The van der Waals surface area contributed by atoms with E-state index in [2.05, 4.69) is 24.8 Å². The maximum Gasteiger partial charge on any atom is 0.217 e. The fourth-order valence-electron chi connectivity index (χ4n) is 3.91. The molecule has 0 spiro atoms. The van der Waals surface area contributed by atoms with Crippen LogP contribution in [-0.2, 0) is 0 Å². The highest BCUT2D eigenvalue weighted by atomic mass is 35.5. The minimum Gasteiger partial charge on any atom is -0.486 e. The Hall–Kier alpha value is -3.04. The molecule has 1 fully saturated rings. The number of anilines is 1. The summed E-state index contributed by atoms with van der Waals surface area (Å²) >= 11 is 6.53. The van der Waals surface area contributed by atoms with Crippen LogP contribution in [0.1, 0.15) is 0 Å². The number of piperazine rings is 1. The number of nitrogens with zero attached hydrogens (tertiary/aromatic N) is 5. The SMILES string of the molecule is COc1ccc2ncc(Cl)c(N3CCN(CCOc4cc5c(cn4)OCCO5)CC3)c2n1. The van der Waals surface area contributed by atoms with Gasteiger partial charge in [-0.1, -0.05) is 11.6 Å². The van der Waals surface area contributed by atoms with Gasteiger partial charge in [0.1, 0.15) is 25.3 Å². The minimum atomic E-state index is 0.541. The first kappa shape index (κ1) is 20.8. The van der Waals surface area contributed by atoms with Crippen molar-refractivity contribution in [1.29, 1.82) is 0 Å². The summed E-state index contributed by atoms with van der Waals surface area (Å²) in [5.74, 6) is 2.44. The third-order valence-corrected chi connectivity index (χ3v) is 5.85. The van der Waals surface area contributed by atoms with E-state index >= 15 is 0 Å². The van der Waals surface area contributed by atoms with E-state index in [1.54, 1.807) is 25.6 Å². The second-order valence-corrected chi connectivity index (χ2v) is 7.93. The molecule has 32 heavy (non-hydrogen) atoms. The van der Waals surface area contributed by atoms with E-state index in [4.69, 9.17) is 30.5 Å². The second kappa shape index (κ2) is 9.22. The summed E-state index contributed by atoms with van der Waals surface area (Å²) in [7, 11) is 1.60. The molecule has 3 aromatic rings. The molecule has 0 atom stereocenters. The zero-order valence-corrected chi connectivity index (χ0v) is 18.5. The van der Waals surface area contributed by atoms with E-state index in [0.717, 1.165) is 49.4 Å². The van der Waals surface area contributed by atoms with Crippen molar-refractivity contribution in [2.24, 2.45) is 0 Å². The molecular weight excluding hydrogens is 434 g/mol. The van der Waals surface area contributed by atoms with E-state index in [1.807, 2.05) is 12.1 Å². The van der Waals surface area contributed by atoms with Crippen molar-refractivity contribution in [3.8, 4) is 23.3 Å². The molecule has 0 aromatic carbocycles. The lowest BCUT2D eigenvalue weighted by Gasteiger charge is -2.36. The highest BCUT2D eigenvalue weighted by molar-refractivity contribution is 6.34. The predicted molar refractivity (Wildman–Crippen MR) is 120 cm³/mol. The lowest BCUT2D eigenvalue weighted by Crippen LogP contribution is -2.47. The molecule has 0 N–H and O–H groups in total. The number of ether oxygens (including phenoxy) is 4. The van der Waals surface area contributed by atoms with Gasteiger partial charge in [-0.05, 0) is 6.07 Å². The molecule has 5 rings (SSSR count). The fourth-order valence-corrected chi connectivity index (χ4v) is 4.17. The van der Waals surface area contributed by atoms with E-state index in [9.17, 15) is 0 Å². The van der Waals surface area contributed by atoms with Crippen LogP contribution in [0.3, 0.4) is 0 Å². The van der Waals surface area contributed by atoms with Crippen molar-refractivity contribution < 1.29 is 18.9 Å². The number of fused-ring (bicyclic) bond motifs is 2. The van der Waals surface area contributed by atoms with Crippen molar-refractivity contribution in [3.05, 3.63) is 35.6 Å². The van der Waals surface area contributed by atoms with Crippen LogP contribution in [0.4, 0.5) is 5.69 Å². The first-order valence-corrected chi connectivity index (χ1v) is 10.9. The van der Waals surface area contributed by atoms with Gasteiger partial charge in [-0.2, -0.15) is 0 Å². The Balaban J connectivity index is 1.18. The number of aromatic nitrogens is 3. The molecule has 168 valence electrons. The Morgan fingerprint density at radius 2 is 1.81 bits per heavy atom. The summed E-state index contributed by atoms with van der Waals surface area (Å²) in [6.45, 7) is 5.89. The van der Waals surface area contributed by atoms with Crippen molar-refractivity contribution in [2.45, 2.75) is 0 Å². The average Bonchev–Trinajstić information content (AvgIpc) is 2.84. The van der Waals surface area contributed by atoms with Crippen molar-refractivity contribution in [3.63, 3.8) is 0 Å². The summed E-state index contributed by atoms with van der Waals surface area (Å²) < 4.78 is 22.2. The second-order valence-electron chi connectivity index (χ2n) is 7.52. The van der Waals surface area contributed by atoms with E-state index in [0.29, 0.717) is 48.1 Å². The molecule has 0 saturated carbocycles. The van der Waals surface area contributed by atoms with Crippen LogP contribution in [-0.4, -0.2) is 79.5 Å². The van der Waals surface area contributed by atoms with Crippen molar-refractivity contribution in [2.75, 3.05) is 64.6 Å². The molecule has 2 aliphatic rings. The molecule has 9 nitrogen and oxygen atoms in total. The van der Waals surface area contributed by atoms with E-state index in [-0.39, 0.29) is 0 Å². The maximum atomic E-state index is 6.53. The topological polar surface area (TPSA) is 82.1 Å². The van der Waals surface area contributed by atoms with Crippen molar-refractivity contribution >= 4 is 28.3 Å². The molecule has 0 aliphatic carbocycles. The fraction of sp³-hybridized carbons (Fsp3) is 0.409. The quantitative estimate of drug-likeness (QED) is 0.554.